The molecule has 0 heterocycles. The highest BCUT2D eigenvalue weighted by Crippen LogP contribution is 2.19. The summed E-state index contributed by atoms with van der Waals surface area (Å²) >= 11 is 0. The number of nitrogens with one attached hydrogen (secondary N) is 1. The van der Waals surface area contributed by atoms with Crippen molar-refractivity contribution in [2.24, 2.45) is 0 Å². The first-order chi connectivity index (χ1) is 8.65. The van der Waals surface area contributed by atoms with Crippen LogP contribution in [0.2, 0.25) is 0 Å². The fourth-order valence-electron chi connectivity index (χ4n) is 1.73. The Morgan fingerprint density at radius 3 is 2.28 bits per heavy atom. The summed E-state index contributed by atoms with van der Waals surface area (Å²) in [6, 6.07) is 8.31. The van der Waals surface area contributed by atoms with Crippen molar-refractivity contribution in [3.05, 3.63) is 24.3 Å². The molecule has 0 aromatic heterocycles. The second-order valence-corrected chi connectivity index (χ2v) is 4.67. The summed E-state index contributed by atoms with van der Waals surface area (Å²) < 4.78 is 11.4. The fraction of sp³-hybridized carbons (Fsp3) is 0.600. The predicted molar refractivity (Wildman–Crippen MR) is 75.5 cm³/mol. The van der Waals surface area contributed by atoms with Gasteiger partial charge in [0.05, 0.1) is 12.7 Å². The normalized spacial score (nSPS) is 14.0. The Hall–Kier alpha value is -1.22. The van der Waals surface area contributed by atoms with Crippen molar-refractivity contribution >= 4 is 0 Å². The van der Waals surface area contributed by atoms with Gasteiger partial charge in [-0.25, -0.2) is 0 Å². The second kappa shape index (κ2) is 7.98. The third-order valence-electron chi connectivity index (χ3n) is 2.81. The lowest BCUT2D eigenvalue weighted by Gasteiger charge is -2.18. The maximum atomic E-state index is 5.85. The van der Waals surface area contributed by atoms with Crippen LogP contribution in [0.5, 0.6) is 11.5 Å². The van der Waals surface area contributed by atoms with Gasteiger partial charge < -0.3 is 14.8 Å². The number of hydrogen-bond donors (Lipinski definition) is 1. The largest absolute Gasteiger partial charge is 0.494 e. The fourth-order valence-corrected chi connectivity index (χ4v) is 1.73. The predicted octanol–water partition coefficient (Wildman–Crippen LogP) is 3.24. The molecule has 0 saturated carbocycles. The molecule has 0 spiro atoms. The lowest BCUT2D eigenvalue weighted by molar-refractivity contribution is 0.197. The van der Waals surface area contributed by atoms with E-state index in [1.165, 1.54) is 0 Å². The van der Waals surface area contributed by atoms with Gasteiger partial charge >= 0.3 is 0 Å². The summed E-state index contributed by atoms with van der Waals surface area (Å²) in [5, 5.41) is 3.21. The average molecular weight is 251 g/mol. The van der Waals surface area contributed by atoms with Gasteiger partial charge in [0.1, 0.15) is 11.5 Å². The van der Waals surface area contributed by atoms with Crippen LogP contribution >= 0.6 is 0 Å². The number of rotatable bonds is 8. The molecule has 2 atom stereocenters. The zero-order chi connectivity index (χ0) is 13.4. The quantitative estimate of drug-likeness (QED) is 0.769. The van der Waals surface area contributed by atoms with E-state index in [4.69, 9.17) is 9.47 Å². The van der Waals surface area contributed by atoms with Crippen LogP contribution in [0.4, 0.5) is 0 Å². The number of hydrogen-bond acceptors (Lipinski definition) is 3. The Bertz CT molecular complexity index is 324. The van der Waals surface area contributed by atoms with Crippen molar-refractivity contribution in [3.8, 4) is 11.5 Å². The molecule has 1 aromatic carbocycles. The highest BCUT2D eigenvalue weighted by molar-refractivity contribution is 5.31. The van der Waals surface area contributed by atoms with Crippen LogP contribution in [0, 0.1) is 0 Å². The number of ether oxygens (including phenoxy) is 2. The molecule has 0 fully saturated rings. The minimum atomic E-state index is 0.204. The van der Waals surface area contributed by atoms with E-state index in [0.29, 0.717) is 6.04 Å². The summed E-state index contributed by atoms with van der Waals surface area (Å²) in [4.78, 5) is 0. The molecule has 1 rings (SSSR count). The molecule has 0 bridgehead atoms. The van der Waals surface area contributed by atoms with Gasteiger partial charge in [0.2, 0.25) is 0 Å². The van der Waals surface area contributed by atoms with Gasteiger partial charge in [-0.3, -0.25) is 0 Å². The minimum Gasteiger partial charge on any atom is -0.494 e. The molecule has 0 saturated heterocycles. The smallest absolute Gasteiger partial charge is 0.119 e. The van der Waals surface area contributed by atoms with Gasteiger partial charge in [0.15, 0.2) is 0 Å². The van der Waals surface area contributed by atoms with Crippen molar-refractivity contribution in [3.63, 3.8) is 0 Å². The van der Waals surface area contributed by atoms with E-state index in [9.17, 15) is 0 Å². The summed E-state index contributed by atoms with van der Waals surface area (Å²) in [6.07, 6.45) is 2.22. The van der Waals surface area contributed by atoms with E-state index in [2.05, 4.69) is 26.1 Å². The first-order valence-electron chi connectivity index (χ1n) is 6.72. The van der Waals surface area contributed by atoms with Crippen molar-refractivity contribution in [2.45, 2.75) is 45.8 Å². The van der Waals surface area contributed by atoms with E-state index in [1.807, 2.05) is 31.3 Å². The second-order valence-electron chi connectivity index (χ2n) is 4.67. The van der Waals surface area contributed by atoms with Gasteiger partial charge in [-0.2, -0.15) is 0 Å². The van der Waals surface area contributed by atoms with Crippen LogP contribution in [0.3, 0.4) is 0 Å². The zero-order valence-electron chi connectivity index (χ0n) is 11.9. The molecule has 2 unspecified atom stereocenters. The van der Waals surface area contributed by atoms with Crippen LogP contribution < -0.4 is 14.8 Å². The molecule has 0 amide bonds. The summed E-state index contributed by atoms with van der Waals surface area (Å²) in [7, 11) is 1.97. The van der Waals surface area contributed by atoms with E-state index < -0.39 is 0 Å². The zero-order valence-corrected chi connectivity index (χ0v) is 11.9. The first-order valence-corrected chi connectivity index (χ1v) is 6.72. The Morgan fingerprint density at radius 1 is 1.11 bits per heavy atom. The van der Waals surface area contributed by atoms with E-state index >= 15 is 0 Å². The molecule has 0 aliphatic heterocycles. The minimum absolute atomic E-state index is 0.204. The molecule has 1 N–H and O–H groups in total. The molecule has 0 aliphatic rings. The maximum absolute atomic E-state index is 5.85. The van der Waals surface area contributed by atoms with Crippen molar-refractivity contribution in [2.75, 3.05) is 13.7 Å². The van der Waals surface area contributed by atoms with Crippen molar-refractivity contribution < 1.29 is 9.47 Å². The van der Waals surface area contributed by atoms with E-state index in [-0.39, 0.29) is 6.10 Å². The highest BCUT2D eigenvalue weighted by Gasteiger charge is 2.08. The van der Waals surface area contributed by atoms with E-state index in [0.717, 1.165) is 30.9 Å². The molecular weight excluding hydrogens is 226 g/mol. The van der Waals surface area contributed by atoms with Gasteiger partial charge in [-0.1, -0.05) is 6.92 Å². The topological polar surface area (TPSA) is 30.5 Å². The van der Waals surface area contributed by atoms with Crippen LogP contribution in [0.15, 0.2) is 24.3 Å². The lowest BCUT2D eigenvalue weighted by Crippen LogP contribution is -2.28. The Kier molecular flexibility index (Phi) is 6.58. The molecule has 18 heavy (non-hydrogen) atoms. The monoisotopic (exact) mass is 251 g/mol. The van der Waals surface area contributed by atoms with Crippen LogP contribution in [-0.2, 0) is 0 Å². The lowest BCUT2D eigenvalue weighted by atomic mass is 10.1. The first kappa shape index (κ1) is 14.8. The van der Waals surface area contributed by atoms with Crippen molar-refractivity contribution in [1.29, 1.82) is 0 Å². The summed E-state index contributed by atoms with van der Waals surface area (Å²) in [6.45, 7) is 7.11. The molecule has 1 aromatic rings. The molecule has 0 radical (unpaired) electrons. The van der Waals surface area contributed by atoms with Gasteiger partial charge in [0, 0.05) is 6.04 Å². The average Bonchev–Trinajstić information content (AvgIpc) is 2.37. The molecular formula is C15H25NO2. The van der Waals surface area contributed by atoms with Gasteiger partial charge in [-0.15, -0.1) is 0 Å². The van der Waals surface area contributed by atoms with Crippen LogP contribution in [0.25, 0.3) is 0 Å². The Morgan fingerprint density at radius 2 is 1.72 bits per heavy atom. The third kappa shape index (κ3) is 5.41. The maximum Gasteiger partial charge on any atom is 0.119 e. The molecule has 3 nitrogen and oxygen atoms in total. The molecule has 0 aliphatic carbocycles. The third-order valence-corrected chi connectivity index (χ3v) is 2.81. The van der Waals surface area contributed by atoms with Crippen LogP contribution in [0.1, 0.15) is 33.6 Å². The van der Waals surface area contributed by atoms with Crippen molar-refractivity contribution in [1.82, 2.24) is 5.32 Å². The number of benzene rings is 1. The Labute approximate surface area is 110 Å². The standard InChI is InChI=1S/C15H25NO2/c1-5-10-17-14-6-8-15(9-7-14)18-13(3)11-12(2)16-4/h6-9,12-13,16H,5,10-11H2,1-4H3. The highest BCUT2D eigenvalue weighted by atomic mass is 16.5. The summed E-state index contributed by atoms with van der Waals surface area (Å²) in [5.74, 6) is 1.80. The summed E-state index contributed by atoms with van der Waals surface area (Å²) in [5.41, 5.74) is 0. The van der Waals surface area contributed by atoms with Crippen LogP contribution in [-0.4, -0.2) is 25.8 Å². The Balaban J connectivity index is 2.42. The SMILES string of the molecule is CCCOc1ccc(OC(C)CC(C)NC)cc1. The molecule has 3 heteroatoms. The molecule has 102 valence electrons. The van der Waals surface area contributed by atoms with Gasteiger partial charge in [0.25, 0.3) is 0 Å². The van der Waals surface area contributed by atoms with Gasteiger partial charge in [-0.05, 0) is 58.0 Å². The van der Waals surface area contributed by atoms with E-state index in [1.54, 1.807) is 0 Å².